The van der Waals surface area contributed by atoms with E-state index < -0.39 is 0 Å². The van der Waals surface area contributed by atoms with Gasteiger partial charge in [-0.05, 0) is 68.1 Å². The number of likely N-dealkylation sites (N-methyl/N-ethyl adjacent to an activating group) is 1. The number of allylic oxidation sites excluding steroid dienone is 1. The first kappa shape index (κ1) is 24.4. The fourth-order valence-corrected chi connectivity index (χ4v) is 5.63. The molecule has 6 rings (SSSR count). The molecule has 38 heavy (non-hydrogen) atoms. The minimum Gasteiger partial charge on any atom is -0.369 e. The summed E-state index contributed by atoms with van der Waals surface area (Å²) < 4.78 is 3.43. The van der Waals surface area contributed by atoms with Gasteiger partial charge in [-0.3, -0.25) is 4.79 Å². The largest absolute Gasteiger partial charge is 0.369 e. The van der Waals surface area contributed by atoms with E-state index in [4.69, 9.17) is 9.97 Å². The van der Waals surface area contributed by atoms with Crippen LogP contribution in [0.5, 0.6) is 0 Å². The molecule has 4 aromatic rings. The van der Waals surface area contributed by atoms with Crippen molar-refractivity contribution in [2.24, 2.45) is 0 Å². The second-order valence-corrected chi connectivity index (χ2v) is 10.5. The molecule has 9 heteroatoms. The summed E-state index contributed by atoms with van der Waals surface area (Å²) in [7, 11) is 2.17. The maximum atomic E-state index is 13.3. The highest BCUT2D eigenvalue weighted by atomic mass is 16.1. The van der Waals surface area contributed by atoms with Crippen molar-refractivity contribution in [2.75, 3.05) is 43.4 Å². The van der Waals surface area contributed by atoms with Gasteiger partial charge >= 0.3 is 0 Å². The molecule has 1 aliphatic heterocycles. The summed E-state index contributed by atoms with van der Waals surface area (Å²) >= 11 is 0. The number of fused-ring (bicyclic) bond motifs is 2. The second-order valence-electron chi connectivity index (χ2n) is 10.5. The summed E-state index contributed by atoms with van der Waals surface area (Å²) in [5.74, 6) is 1.52. The molecule has 4 heterocycles. The van der Waals surface area contributed by atoms with Gasteiger partial charge in [0, 0.05) is 49.4 Å². The van der Waals surface area contributed by atoms with Crippen LogP contribution in [0.4, 0.5) is 17.3 Å². The normalized spacial score (nSPS) is 17.7. The lowest BCUT2D eigenvalue weighted by atomic mass is 10.1. The number of hydrogen-bond acceptors (Lipinski definition) is 7. The Morgan fingerprint density at radius 1 is 1.13 bits per heavy atom. The van der Waals surface area contributed by atoms with E-state index in [0.29, 0.717) is 35.3 Å². The quantitative estimate of drug-likeness (QED) is 0.392. The molecule has 1 fully saturated rings. The zero-order chi connectivity index (χ0) is 26.4. The molecule has 3 aromatic heterocycles. The Morgan fingerprint density at radius 2 is 1.95 bits per heavy atom. The lowest BCUT2D eigenvalue weighted by Crippen LogP contribution is -2.44. The van der Waals surface area contributed by atoms with Crippen LogP contribution in [-0.2, 0) is 13.0 Å². The molecule has 1 atom stereocenters. The van der Waals surface area contributed by atoms with E-state index in [1.165, 1.54) is 16.8 Å². The lowest BCUT2D eigenvalue weighted by molar-refractivity contribution is 0.312. The van der Waals surface area contributed by atoms with Gasteiger partial charge in [0.15, 0.2) is 11.5 Å². The standard InChI is InChI=1S/C29H34N8O/c1-5-12-36-28(38)23-18-30-29(31-22-9-10-24(20(3)17-22)35-15-13-34(4)14-16-35)33-27(23)37(36)25-11-8-21-7-6-19(2)26(21)32-25/h5,8-11,17-19H,1,6-7,12-16H2,2-4H3,(H,30,31,33). The Morgan fingerprint density at radius 3 is 2.71 bits per heavy atom. The number of nitrogens with zero attached hydrogens (tertiary/aromatic N) is 7. The van der Waals surface area contributed by atoms with Gasteiger partial charge in [-0.15, -0.1) is 6.58 Å². The molecule has 2 aliphatic rings. The van der Waals surface area contributed by atoms with Crippen LogP contribution in [0.1, 0.15) is 36.1 Å². The van der Waals surface area contributed by atoms with Crippen LogP contribution in [0, 0.1) is 6.92 Å². The maximum absolute atomic E-state index is 13.3. The van der Waals surface area contributed by atoms with E-state index in [9.17, 15) is 4.79 Å². The summed E-state index contributed by atoms with van der Waals surface area (Å²) in [5, 5.41) is 3.80. The molecule has 1 saturated heterocycles. The zero-order valence-electron chi connectivity index (χ0n) is 22.3. The third kappa shape index (κ3) is 4.26. The molecule has 0 spiro atoms. The maximum Gasteiger partial charge on any atom is 0.278 e. The fourth-order valence-electron chi connectivity index (χ4n) is 5.63. The molecule has 0 bridgehead atoms. The third-order valence-corrected chi connectivity index (χ3v) is 7.80. The van der Waals surface area contributed by atoms with E-state index in [1.807, 2.05) is 6.07 Å². The SMILES string of the molecule is C=CCn1c(=O)c2cnc(Nc3ccc(N4CCN(C)CC4)c(C)c3)nc2n1-c1ccc2c(n1)C(C)CC2. The molecular formula is C29H34N8O. The fraction of sp³-hybridized carbons (Fsp3) is 0.379. The Bertz CT molecular complexity index is 1580. The van der Waals surface area contributed by atoms with Gasteiger partial charge in [0.25, 0.3) is 5.56 Å². The minimum absolute atomic E-state index is 0.158. The molecule has 9 nitrogen and oxygen atoms in total. The highest BCUT2D eigenvalue weighted by molar-refractivity contribution is 5.77. The van der Waals surface area contributed by atoms with Crippen molar-refractivity contribution in [3.63, 3.8) is 0 Å². The Hall–Kier alpha value is -3.98. The number of benzene rings is 1. The number of pyridine rings is 1. The number of rotatable bonds is 6. The number of anilines is 3. The van der Waals surface area contributed by atoms with Crippen LogP contribution < -0.4 is 15.8 Å². The van der Waals surface area contributed by atoms with Crippen LogP contribution in [0.3, 0.4) is 0 Å². The second kappa shape index (κ2) is 9.72. The molecule has 0 radical (unpaired) electrons. The first-order chi connectivity index (χ1) is 18.4. The highest BCUT2D eigenvalue weighted by Gasteiger charge is 2.23. The topological polar surface area (TPSA) is 84.1 Å². The van der Waals surface area contributed by atoms with Crippen molar-refractivity contribution in [3.05, 3.63) is 76.4 Å². The van der Waals surface area contributed by atoms with Gasteiger partial charge in [-0.1, -0.05) is 19.1 Å². The van der Waals surface area contributed by atoms with Crippen LogP contribution in [0.2, 0.25) is 0 Å². The van der Waals surface area contributed by atoms with Crippen molar-refractivity contribution in [2.45, 2.75) is 39.2 Å². The van der Waals surface area contributed by atoms with E-state index in [2.05, 4.69) is 71.8 Å². The summed E-state index contributed by atoms with van der Waals surface area (Å²) in [6.07, 6.45) is 5.45. The van der Waals surface area contributed by atoms with Gasteiger partial charge in [0.2, 0.25) is 5.95 Å². The highest BCUT2D eigenvalue weighted by Crippen LogP contribution is 2.32. The van der Waals surface area contributed by atoms with Gasteiger partial charge < -0.3 is 15.1 Å². The summed E-state index contributed by atoms with van der Waals surface area (Å²) in [4.78, 5) is 32.3. The smallest absolute Gasteiger partial charge is 0.278 e. The summed E-state index contributed by atoms with van der Waals surface area (Å²) in [6, 6.07) is 10.5. The van der Waals surface area contributed by atoms with E-state index in [-0.39, 0.29) is 5.56 Å². The Balaban J connectivity index is 1.36. The molecule has 1 N–H and O–H groups in total. The van der Waals surface area contributed by atoms with Gasteiger partial charge in [0.1, 0.15) is 5.39 Å². The molecule has 0 amide bonds. The lowest BCUT2D eigenvalue weighted by Gasteiger charge is -2.35. The van der Waals surface area contributed by atoms with Gasteiger partial charge in [0.05, 0.1) is 6.54 Å². The average molecular weight is 511 g/mol. The monoisotopic (exact) mass is 510 g/mol. The average Bonchev–Trinajstić information content (AvgIpc) is 3.41. The van der Waals surface area contributed by atoms with E-state index in [1.54, 1.807) is 21.6 Å². The molecule has 1 aliphatic carbocycles. The number of nitrogens with one attached hydrogen (secondary N) is 1. The Kier molecular flexibility index (Phi) is 6.23. The third-order valence-electron chi connectivity index (χ3n) is 7.80. The molecule has 0 saturated carbocycles. The van der Waals surface area contributed by atoms with E-state index >= 15 is 0 Å². The molecular weight excluding hydrogens is 476 g/mol. The van der Waals surface area contributed by atoms with E-state index in [0.717, 1.165) is 50.4 Å². The summed E-state index contributed by atoms with van der Waals surface area (Å²) in [6.45, 7) is 12.7. The van der Waals surface area contributed by atoms with Gasteiger partial charge in [-0.2, -0.15) is 4.98 Å². The first-order valence-electron chi connectivity index (χ1n) is 13.3. The first-order valence-corrected chi connectivity index (χ1v) is 13.3. The minimum atomic E-state index is -0.158. The summed E-state index contributed by atoms with van der Waals surface area (Å²) in [5.41, 5.74) is 6.11. The number of aromatic nitrogens is 5. The van der Waals surface area contributed by atoms with Crippen molar-refractivity contribution in [1.82, 2.24) is 29.2 Å². The van der Waals surface area contributed by atoms with Gasteiger partial charge in [-0.25, -0.2) is 19.3 Å². The van der Waals surface area contributed by atoms with Crippen molar-refractivity contribution in [1.29, 1.82) is 0 Å². The number of piperazine rings is 1. The van der Waals surface area contributed by atoms with Crippen LogP contribution >= 0.6 is 0 Å². The Labute approximate surface area is 222 Å². The van der Waals surface area contributed by atoms with Crippen molar-refractivity contribution in [3.8, 4) is 5.82 Å². The van der Waals surface area contributed by atoms with Crippen LogP contribution in [-0.4, -0.2) is 62.4 Å². The molecule has 1 aromatic carbocycles. The predicted molar refractivity (Wildman–Crippen MR) is 152 cm³/mol. The number of aryl methyl sites for hydroxylation is 2. The predicted octanol–water partition coefficient (Wildman–Crippen LogP) is 4.02. The molecule has 196 valence electrons. The van der Waals surface area contributed by atoms with Crippen LogP contribution in [0.15, 0.2) is 54.0 Å². The van der Waals surface area contributed by atoms with Crippen LogP contribution in [0.25, 0.3) is 16.9 Å². The zero-order valence-corrected chi connectivity index (χ0v) is 22.3. The van der Waals surface area contributed by atoms with Crippen molar-refractivity contribution < 1.29 is 0 Å². The molecule has 1 unspecified atom stereocenters. The van der Waals surface area contributed by atoms with Crippen molar-refractivity contribution >= 4 is 28.4 Å². The number of hydrogen-bond donors (Lipinski definition) is 1.